The number of carbonyl (C=O) groups is 1. The van der Waals surface area contributed by atoms with Gasteiger partial charge in [0.05, 0.1) is 19.3 Å². The van der Waals surface area contributed by atoms with E-state index in [1.807, 2.05) is 25.1 Å². The molecule has 1 heterocycles. The molecule has 0 fully saturated rings. The third-order valence-corrected chi connectivity index (χ3v) is 2.46. The summed E-state index contributed by atoms with van der Waals surface area (Å²) < 4.78 is 12.3. The van der Waals surface area contributed by atoms with Gasteiger partial charge in [-0.2, -0.15) is 0 Å². The molecular weight excluding hydrogens is 262 g/mol. The van der Waals surface area contributed by atoms with Crippen molar-refractivity contribution in [1.29, 1.82) is 0 Å². The highest BCUT2D eigenvalue weighted by Crippen LogP contribution is 2.19. The molecule has 0 bridgehead atoms. The van der Waals surface area contributed by atoms with Crippen LogP contribution in [-0.4, -0.2) is 39.3 Å². The van der Waals surface area contributed by atoms with Gasteiger partial charge in [-0.15, -0.1) is 5.10 Å². The Balaban J connectivity index is 1.85. The lowest BCUT2D eigenvalue weighted by molar-refractivity contribution is 0.0690. The van der Waals surface area contributed by atoms with Gasteiger partial charge in [0.2, 0.25) is 0 Å². The number of rotatable bonds is 7. The highest BCUT2D eigenvalue weighted by Gasteiger charge is 2.07. The van der Waals surface area contributed by atoms with Gasteiger partial charge in [0.25, 0.3) is 0 Å². The van der Waals surface area contributed by atoms with Crippen molar-refractivity contribution < 1.29 is 19.4 Å². The van der Waals surface area contributed by atoms with E-state index in [2.05, 4.69) is 10.3 Å². The Morgan fingerprint density at radius 3 is 2.75 bits per heavy atom. The van der Waals surface area contributed by atoms with Crippen molar-refractivity contribution in [3.8, 4) is 11.5 Å². The molecule has 0 saturated heterocycles. The fourth-order valence-electron chi connectivity index (χ4n) is 1.58. The van der Waals surface area contributed by atoms with E-state index in [4.69, 9.17) is 14.6 Å². The minimum Gasteiger partial charge on any atom is -0.494 e. The van der Waals surface area contributed by atoms with Crippen LogP contribution in [0.4, 0.5) is 0 Å². The monoisotopic (exact) mass is 277 g/mol. The van der Waals surface area contributed by atoms with Gasteiger partial charge in [-0.25, -0.2) is 9.48 Å². The molecule has 20 heavy (non-hydrogen) atoms. The second-order valence-electron chi connectivity index (χ2n) is 3.93. The fourth-order valence-corrected chi connectivity index (χ4v) is 1.58. The van der Waals surface area contributed by atoms with Gasteiger partial charge in [0, 0.05) is 6.07 Å². The topological polar surface area (TPSA) is 86.5 Å². The van der Waals surface area contributed by atoms with Gasteiger partial charge in [0.1, 0.15) is 18.1 Å². The highest BCUT2D eigenvalue weighted by molar-refractivity contribution is 5.84. The average Bonchev–Trinajstić information content (AvgIpc) is 2.89. The first kappa shape index (κ1) is 13.9. The zero-order valence-electron chi connectivity index (χ0n) is 11.0. The summed E-state index contributed by atoms with van der Waals surface area (Å²) in [5, 5.41) is 15.9. The minimum absolute atomic E-state index is 0.0802. The number of carboxylic acids is 1. The summed E-state index contributed by atoms with van der Waals surface area (Å²) in [6.45, 7) is 3.29. The maximum absolute atomic E-state index is 10.6. The van der Waals surface area contributed by atoms with Crippen LogP contribution in [-0.2, 0) is 6.54 Å². The van der Waals surface area contributed by atoms with Gasteiger partial charge < -0.3 is 14.6 Å². The largest absolute Gasteiger partial charge is 0.494 e. The van der Waals surface area contributed by atoms with Crippen molar-refractivity contribution in [1.82, 2.24) is 15.0 Å². The van der Waals surface area contributed by atoms with Gasteiger partial charge in [-0.3, -0.25) is 0 Å². The SMILES string of the molecule is CCOc1cccc(OCCn2cc(C(=O)O)nn2)c1. The van der Waals surface area contributed by atoms with Gasteiger partial charge >= 0.3 is 5.97 Å². The van der Waals surface area contributed by atoms with E-state index in [-0.39, 0.29) is 5.69 Å². The molecule has 0 radical (unpaired) electrons. The van der Waals surface area contributed by atoms with Gasteiger partial charge in [-0.05, 0) is 19.1 Å². The van der Waals surface area contributed by atoms with Crippen LogP contribution in [0.15, 0.2) is 30.5 Å². The number of aromatic nitrogens is 3. The Bertz CT molecular complexity index is 583. The van der Waals surface area contributed by atoms with Crippen LogP contribution in [0, 0.1) is 0 Å². The Hall–Kier alpha value is -2.57. The zero-order valence-corrected chi connectivity index (χ0v) is 11.0. The molecule has 0 saturated carbocycles. The van der Waals surface area contributed by atoms with Crippen molar-refractivity contribution in [3.05, 3.63) is 36.2 Å². The van der Waals surface area contributed by atoms with E-state index in [0.717, 1.165) is 5.75 Å². The molecule has 0 aliphatic carbocycles. The van der Waals surface area contributed by atoms with E-state index < -0.39 is 5.97 Å². The minimum atomic E-state index is -1.10. The quantitative estimate of drug-likeness (QED) is 0.824. The maximum Gasteiger partial charge on any atom is 0.358 e. The third kappa shape index (κ3) is 3.71. The molecule has 0 aliphatic rings. The van der Waals surface area contributed by atoms with E-state index in [0.29, 0.717) is 25.5 Å². The molecule has 0 spiro atoms. The standard InChI is InChI=1S/C13H15N3O4/c1-2-19-10-4-3-5-11(8-10)20-7-6-16-9-12(13(17)18)14-15-16/h3-5,8-9H,2,6-7H2,1H3,(H,17,18). The highest BCUT2D eigenvalue weighted by atomic mass is 16.5. The van der Waals surface area contributed by atoms with E-state index in [1.54, 1.807) is 6.07 Å². The van der Waals surface area contributed by atoms with Crippen molar-refractivity contribution in [2.24, 2.45) is 0 Å². The molecule has 7 nitrogen and oxygen atoms in total. The van der Waals surface area contributed by atoms with Crippen molar-refractivity contribution in [3.63, 3.8) is 0 Å². The summed E-state index contributed by atoms with van der Waals surface area (Å²) in [6.07, 6.45) is 1.36. The van der Waals surface area contributed by atoms with Crippen molar-refractivity contribution in [2.45, 2.75) is 13.5 Å². The Labute approximate surface area is 115 Å². The predicted octanol–water partition coefficient (Wildman–Crippen LogP) is 1.45. The molecule has 1 aromatic carbocycles. The average molecular weight is 277 g/mol. The molecule has 0 amide bonds. The second-order valence-corrected chi connectivity index (χ2v) is 3.93. The van der Waals surface area contributed by atoms with Crippen molar-refractivity contribution in [2.75, 3.05) is 13.2 Å². The summed E-state index contributed by atoms with van der Waals surface area (Å²) in [6, 6.07) is 7.32. The first-order valence-electron chi connectivity index (χ1n) is 6.18. The number of ether oxygens (including phenoxy) is 2. The lowest BCUT2D eigenvalue weighted by Crippen LogP contribution is -2.08. The Kier molecular flexibility index (Phi) is 4.54. The molecule has 7 heteroatoms. The van der Waals surface area contributed by atoms with Crippen LogP contribution >= 0.6 is 0 Å². The lowest BCUT2D eigenvalue weighted by Gasteiger charge is -2.08. The second kappa shape index (κ2) is 6.55. The summed E-state index contributed by atoms with van der Waals surface area (Å²) >= 11 is 0. The molecular formula is C13H15N3O4. The van der Waals surface area contributed by atoms with Crippen LogP contribution in [0.5, 0.6) is 11.5 Å². The number of hydrogen-bond acceptors (Lipinski definition) is 5. The van der Waals surface area contributed by atoms with Crippen LogP contribution in [0.25, 0.3) is 0 Å². The fraction of sp³-hybridized carbons (Fsp3) is 0.308. The van der Waals surface area contributed by atoms with Crippen LogP contribution in [0.2, 0.25) is 0 Å². The number of aromatic carboxylic acids is 1. The first-order chi connectivity index (χ1) is 9.69. The molecule has 2 aromatic rings. The Morgan fingerprint density at radius 2 is 2.10 bits per heavy atom. The van der Waals surface area contributed by atoms with E-state index >= 15 is 0 Å². The molecule has 0 atom stereocenters. The van der Waals surface area contributed by atoms with Crippen molar-refractivity contribution >= 4 is 5.97 Å². The normalized spacial score (nSPS) is 10.2. The van der Waals surface area contributed by atoms with E-state index in [9.17, 15) is 4.79 Å². The summed E-state index contributed by atoms with van der Waals surface area (Å²) in [4.78, 5) is 10.6. The number of hydrogen-bond donors (Lipinski definition) is 1. The zero-order chi connectivity index (χ0) is 14.4. The lowest BCUT2D eigenvalue weighted by atomic mass is 10.3. The molecule has 106 valence electrons. The van der Waals surface area contributed by atoms with E-state index in [1.165, 1.54) is 10.9 Å². The van der Waals surface area contributed by atoms with Gasteiger partial charge in [-0.1, -0.05) is 11.3 Å². The van der Waals surface area contributed by atoms with Gasteiger partial charge in [0.15, 0.2) is 5.69 Å². The molecule has 0 aliphatic heterocycles. The van der Waals surface area contributed by atoms with Crippen LogP contribution < -0.4 is 9.47 Å². The van der Waals surface area contributed by atoms with Crippen LogP contribution in [0.3, 0.4) is 0 Å². The Morgan fingerprint density at radius 1 is 1.35 bits per heavy atom. The summed E-state index contributed by atoms with van der Waals surface area (Å²) in [5.41, 5.74) is -0.0802. The first-order valence-corrected chi connectivity index (χ1v) is 6.18. The molecule has 0 unspecified atom stereocenters. The maximum atomic E-state index is 10.6. The third-order valence-electron chi connectivity index (χ3n) is 2.46. The van der Waals surface area contributed by atoms with Crippen LogP contribution in [0.1, 0.15) is 17.4 Å². The smallest absolute Gasteiger partial charge is 0.358 e. The summed E-state index contributed by atoms with van der Waals surface area (Å²) in [7, 11) is 0. The predicted molar refractivity (Wildman–Crippen MR) is 70.1 cm³/mol. The molecule has 1 aromatic heterocycles. The number of carboxylic acid groups (broad SMARTS) is 1. The molecule has 2 rings (SSSR count). The summed E-state index contributed by atoms with van der Waals surface area (Å²) in [5.74, 6) is 0.343. The number of nitrogens with zero attached hydrogens (tertiary/aromatic N) is 3. The number of benzene rings is 1. The molecule has 1 N–H and O–H groups in total.